The second-order valence-corrected chi connectivity index (χ2v) is 17.7. The molecule has 0 saturated carbocycles. The first-order chi connectivity index (χ1) is 35.2. The second-order valence-electron chi connectivity index (χ2n) is 17.7. The van der Waals surface area contributed by atoms with Crippen molar-refractivity contribution < 1.29 is 117 Å². The molecule has 24 heteroatoms. The Bertz CT molecular complexity index is 1550. The Morgan fingerprint density at radius 3 is 0.375 bits per heavy atom. The van der Waals surface area contributed by atoms with E-state index in [2.05, 4.69) is 0 Å². The summed E-state index contributed by atoms with van der Waals surface area (Å²) in [4.78, 5) is 0. The maximum Gasteiger partial charge on any atom is 0.178 e. The molecule has 0 unspecified atom stereocenters. The summed E-state index contributed by atoms with van der Waals surface area (Å²) in [7, 11) is 0. The normalized spacial score (nSPS) is 46.6. The Hall–Kier alpha value is -3.04. The Labute approximate surface area is 413 Å². The largest absolute Gasteiger partial charge is 0.394 e. The van der Waals surface area contributed by atoms with Gasteiger partial charge in [0, 0.05) is 0 Å². The zero-order chi connectivity index (χ0) is 50.1. The molecular weight excluding hydrogens is 961 g/mol. The molecule has 0 radical (unpaired) electrons. The highest BCUT2D eigenvalue weighted by molar-refractivity contribution is 5.11. The summed E-state index contributed by atoms with van der Waals surface area (Å²) in [5.41, 5.74) is 0. The van der Waals surface area contributed by atoms with Crippen molar-refractivity contribution >= 4 is 0 Å². The van der Waals surface area contributed by atoms with Gasteiger partial charge < -0.3 is 117 Å². The maximum atomic E-state index is 10.3. The van der Waals surface area contributed by atoms with E-state index >= 15 is 0 Å². The van der Waals surface area contributed by atoms with Crippen LogP contribution in [-0.2, 0) is 75.8 Å². The molecule has 0 aliphatic carbocycles. The third kappa shape index (κ3) is 13.1. The zero-order valence-electron chi connectivity index (χ0n) is 38.9. The van der Waals surface area contributed by atoms with Gasteiger partial charge in [-0.1, -0.05) is 48.6 Å². The molecule has 30 aliphatic heterocycles. The predicted octanol–water partition coefficient (Wildman–Crippen LogP) is -2.73. The SMILES string of the molecule is OC[C@H]1O[C@H]2C=C[C@@H]1O[C@@H]1C=C[C@H](O[C@@H]3C=C[C@H](O[C@@H]4C=C[C@H](O[C@@H]5C=C[C@H](O[C@@H]6C=C[C@H](O[C@@H]7C=C[C@H](O[C@@H]8C=C[C@H](O2)[C@@H](CO)O8)[C@@H](CO)O7)[C@@H](CO)O6)[C@@H](CO)O5)[C@@H](CO)O4)[C@@H](CO)O3)[C@@H](CO)O1. The molecule has 0 fully saturated rings. The van der Waals surface area contributed by atoms with Crippen molar-refractivity contribution in [3.8, 4) is 0 Å². The van der Waals surface area contributed by atoms with Crippen LogP contribution >= 0.6 is 0 Å². The number of ether oxygens (including phenoxy) is 16. The van der Waals surface area contributed by atoms with E-state index in [1.807, 2.05) is 0 Å². The minimum atomic E-state index is -0.987. The third-order valence-electron chi connectivity index (χ3n) is 12.8. The summed E-state index contributed by atoms with van der Waals surface area (Å²) in [5.74, 6) is 0. The van der Waals surface area contributed by atoms with Gasteiger partial charge in [0.25, 0.3) is 0 Å². The standard InChI is InChI=1S/C48H64O24/c49-17-33-25-1-9-41(65-33)58-26-3-11-43(67-34(26)18-50)60-28-5-13-45(69-36(28)20-52)62-30-7-15-47(71-38(30)22-54)64-32-8-16-48(72-40(32)24-56)63-31-6-14-46(70-39(31)23-55)61-29-4-12-44(68-37(29)21-53)59-27-2-10-42(57-25)66-35(27)19-51/h1-16,25-56H,17-24H2/t25-,26-,27-,28-,29-,30-,31-,32-,33+,34+,35+,36+,37+,38+,39+,40+,41-,42-,43-,44-,45-,46-,47-,48-/m0/s1. The molecule has 24 atom stereocenters. The first-order valence-electron chi connectivity index (χ1n) is 24.0. The fourth-order valence-electron chi connectivity index (χ4n) is 9.05. The van der Waals surface area contributed by atoms with E-state index in [0.717, 1.165) is 0 Å². The fraction of sp³-hybridized carbons (Fsp3) is 0.667. The molecule has 0 saturated heterocycles. The Morgan fingerprint density at radius 1 is 0.167 bits per heavy atom. The average Bonchev–Trinajstić information content (AvgIpc) is 3.41. The molecule has 0 aromatic rings. The van der Waals surface area contributed by atoms with E-state index in [1.54, 1.807) is 97.2 Å². The van der Waals surface area contributed by atoms with Gasteiger partial charge in [-0.3, -0.25) is 0 Å². The summed E-state index contributed by atoms with van der Waals surface area (Å²) in [5, 5.41) is 82.4. The van der Waals surface area contributed by atoms with Crippen molar-refractivity contribution in [3.63, 3.8) is 0 Å². The van der Waals surface area contributed by atoms with Crippen LogP contribution in [0.1, 0.15) is 0 Å². The highest BCUT2D eigenvalue weighted by Crippen LogP contribution is 2.32. The predicted molar refractivity (Wildman–Crippen MR) is 238 cm³/mol. The van der Waals surface area contributed by atoms with E-state index in [1.165, 1.54) is 0 Å². The van der Waals surface area contributed by atoms with Gasteiger partial charge in [-0.15, -0.1) is 0 Å². The lowest BCUT2D eigenvalue weighted by Crippen LogP contribution is -2.50. The summed E-state index contributed by atoms with van der Waals surface area (Å²) in [6, 6.07) is 0. The molecule has 30 rings (SSSR count). The Kier molecular flexibility index (Phi) is 19.2. The molecule has 0 aromatic carbocycles. The van der Waals surface area contributed by atoms with Gasteiger partial charge in [0.1, 0.15) is 97.7 Å². The second kappa shape index (κ2) is 25.7. The number of rotatable bonds is 8. The van der Waals surface area contributed by atoms with Crippen molar-refractivity contribution in [2.75, 3.05) is 52.9 Å². The van der Waals surface area contributed by atoms with E-state index in [0.29, 0.717) is 0 Å². The number of hydrogen-bond donors (Lipinski definition) is 8. The van der Waals surface area contributed by atoms with Crippen LogP contribution in [0.4, 0.5) is 0 Å². The quantitative estimate of drug-likeness (QED) is 0.115. The van der Waals surface area contributed by atoms with Crippen LogP contribution in [0.5, 0.6) is 0 Å². The van der Waals surface area contributed by atoms with E-state index in [-0.39, 0.29) is 0 Å². The van der Waals surface area contributed by atoms with Gasteiger partial charge >= 0.3 is 0 Å². The van der Waals surface area contributed by atoms with Gasteiger partial charge in [0.15, 0.2) is 50.3 Å². The lowest BCUT2D eigenvalue weighted by Gasteiger charge is -2.40. The Morgan fingerprint density at radius 2 is 0.278 bits per heavy atom. The van der Waals surface area contributed by atoms with Crippen molar-refractivity contribution in [3.05, 3.63) is 97.2 Å². The van der Waals surface area contributed by atoms with Crippen LogP contribution in [0.15, 0.2) is 97.2 Å². The highest BCUT2D eigenvalue weighted by Gasteiger charge is 2.42. The zero-order valence-corrected chi connectivity index (χ0v) is 38.9. The monoisotopic (exact) mass is 1020 g/mol. The van der Waals surface area contributed by atoms with Crippen LogP contribution in [0, 0.1) is 0 Å². The van der Waals surface area contributed by atoms with Crippen LogP contribution in [0.2, 0.25) is 0 Å². The molecule has 16 bridgehead atoms. The fourth-order valence-corrected chi connectivity index (χ4v) is 9.05. The molecule has 8 N–H and O–H groups in total. The molecular formula is C48H64O24. The molecule has 72 heavy (non-hydrogen) atoms. The molecule has 30 aliphatic rings. The van der Waals surface area contributed by atoms with Gasteiger partial charge in [0.2, 0.25) is 0 Å². The minimum Gasteiger partial charge on any atom is -0.394 e. The highest BCUT2D eigenvalue weighted by atomic mass is 16.8. The van der Waals surface area contributed by atoms with Crippen LogP contribution in [0.3, 0.4) is 0 Å². The van der Waals surface area contributed by atoms with Gasteiger partial charge in [-0.05, 0) is 48.6 Å². The van der Waals surface area contributed by atoms with Crippen molar-refractivity contribution in [2.45, 2.75) is 148 Å². The molecule has 0 amide bonds. The topological polar surface area (TPSA) is 310 Å². The first-order valence-corrected chi connectivity index (χ1v) is 24.0. The van der Waals surface area contributed by atoms with Crippen LogP contribution < -0.4 is 0 Å². The number of aliphatic hydroxyl groups is 8. The average molecular weight is 1030 g/mol. The summed E-state index contributed by atoms with van der Waals surface area (Å²) < 4.78 is 97.1. The molecule has 0 spiro atoms. The van der Waals surface area contributed by atoms with E-state index in [4.69, 9.17) is 75.8 Å². The molecule has 30 heterocycles. The first kappa shape index (κ1) is 53.8. The van der Waals surface area contributed by atoms with Crippen LogP contribution in [0.25, 0.3) is 0 Å². The van der Waals surface area contributed by atoms with Gasteiger partial charge in [-0.25, -0.2) is 0 Å². The smallest absolute Gasteiger partial charge is 0.178 e. The Balaban J connectivity index is 0.913. The van der Waals surface area contributed by atoms with Gasteiger partial charge in [0.05, 0.1) is 52.9 Å². The van der Waals surface area contributed by atoms with Crippen molar-refractivity contribution in [1.29, 1.82) is 0 Å². The molecule has 400 valence electrons. The van der Waals surface area contributed by atoms with Crippen molar-refractivity contribution in [2.24, 2.45) is 0 Å². The maximum absolute atomic E-state index is 10.3. The lowest BCUT2D eigenvalue weighted by molar-refractivity contribution is -0.278. The number of aliphatic hydroxyl groups excluding tert-OH is 8. The lowest BCUT2D eigenvalue weighted by atomic mass is 10.1. The minimum absolute atomic E-state index is 0.461. The van der Waals surface area contributed by atoms with Crippen LogP contribution in [-0.4, -0.2) is 242 Å². The third-order valence-corrected chi connectivity index (χ3v) is 12.8. The van der Waals surface area contributed by atoms with E-state index < -0.39 is 201 Å². The summed E-state index contributed by atoms with van der Waals surface area (Å²) in [6.45, 7) is -3.69. The van der Waals surface area contributed by atoms with E-state index in [9.17, 15) is 40.9 Å². The summed E-state index contributed by atoms with van der Waals surface area (Å²) in [6.07, 6.45) is 4.15. The molecule has 24 nitrogen and oxygen atoms in total. The summed E-state index contributed by atoms with van der Waals surface area (Å²) >= 11 is 0. The van der Waals surface area contributed by atoms with Gasteiger partial charge in [-0.2, -0.15) is 0 Å². The molecule has 0 aromatic heterocycles. The van der Waals surface area contributed by atoms with Crippen molar-refractivity contribution in [1.82, 2.24) is 0 Å². The number of hydrogen-bond acceptors (Lipinski definition) is 24.